The maximum atomic E-state index is 12.2. The van der Waals surface area contributed by atoms with Crippen molar-refractivity contribution in [3.05, 3.63) is 46.8 Å². The van der Waals surface area contributed by atoms with E-state index in [2.05, 4.69) is 22.1 Å². The Morgan fingerprint density at radius 2 is 2.00 bits per heavy atom. The van der Waals surface area contributed by atoms with E-state index in [0.717, 1.165) is 30.6 Å². The topological polar surface area (TPSA) is 76.5 Å². The summed E-state index contributed by atoms with van der Waals surface area (Å²) in [6.07, 6.45) is 4.67. The lowest BCUT2D eigenvalue weighted by Crippen LogP contribution is -2.25. The molecule has 0 unspecified atom stereocenters. The van der Waals surface area contributed by atoms with Crippen LogP contribution in [0.4, 0.5) is 16.2 Å². The van der Waals surface area contributed by atoms with Crippen LogP contribution in [0.25, 0.3) is 6.08 Å². The molecule has 0 aliphatic carbocycles. The number of aromatic nitrogens is 2. The van der Waals surface area contributed by atoms with Crippen molar-refractivity contribution in [1.29, 1.82) is 0 Å². The number of ether oxygens (including phenoxy) is 1. The molecule has 2 aromatic rings. The number of methoxy groups -OCH3 is 1. The molecule has 1 aromatic carbocycles. The molecule has 1 heterocycles. The zero-order chi connectivity index (χ0) is 20.7. The first-order valence-electron chi connectivity index (χ1n) is 9.01. The lowest BCUT2D eigenvalue weighted by atomic mass is 10.2. The highest BCUT2D eigenvalue weighted by atomic mass is 35.5. The Morgan fingerprint density at radius 1 is 1.32 bits per heavy atom. The number of halogens is 1. The summed E-state index contributed by atoms with van der Waals surface area (Å²) in [5.74, 6) is -0.286. The Balaban J connectivity index is 2.02. The maximum absolute atomic E-state index is 12.2. The Bertz CT molecular complexity index is 859. The number of nitrogens with one attached hydrogen (secondary N) is 1. The molecular weight excluding hydrogens is 380 g/mol. The number of hydrogen-bond donors (Lipinski definition) is 1. The van der Waals surface area contributed by atoms with E-state index >= 15 is 0 Å². The van der Waals surface area contributed by atoms with E-state index in [-0.39, 0.29) is 5.91 Å². The number of nitrogens with zero attached hydrogens (tertiary/aromatic N) is 3. The van der Waals surface area contributed by atoms with Crippen molar-refractivity contribution in [2.24, 2.45) is 0 Å². The second-order valence-electron chi connectivity index (χ2n) is 6.27. The first-order chi connectivity index (χ1) is 13.4. The predicted molar refractivity (Wildman–Crippen MR) is 112 cm³/mol. The summed E-state index contributed by atoms with van der Waals surface area (Å²) < 4.78 is 6.43. The highest BCUT2D eigenvalue weighted by Crippen LogP contribution is 2.22. The molecule has 2 amide bonds. The number of unbranched alkanes of at least 4 members (excludes halogenated alkanes) is 1. The molecule has 0 fully saturated rings. The van der Waals surface area contributed by atoms with Gasteiger partial charge in [-0.05, 0) is 43.7 Å². The minimum Gasteiger partial charge on any atom is -0.452 e. The van der Waals surface area contributed by atoms with Crippen LogP contribution in [0.5, 0.6) is 0 Å². The van der Waals surface area contributed by atoms with Crippen LogP contribution in [0.2, 0.25) is 5.15 Å². The van der Waals surface area contributed by atoms with Crippen LogP contribution in [0.15, 0.2) is 30.3 Å². The van der Waals surface area contributed by atoms with Gasteiger partial charge in [0.05, 0.1) is 12.8 Å². The largest absolute Gasteiger partial charge is 0.452 e. The average Bonchev–Trinajstić information content (AvgIpc) is 2.97. The molecule has 0 atom stereocenters. The summed E-state index contributed by atoms with van der Waals surface area (Å²) in [4.78, 5) is 25.1. The average molecular weight is 405 g/mol. The first kappa shape index (κ1) is 21.5. The van der Waals surface area contributed by atoms with Crippen molar-refractivity contribution in [3.63, 3.8) is 0 Å². The van der Waals surface area contributed by atoms with Gasteiger partial charge in [0.2, 0.25) is 5.91 Å². The minimum atomic E-state index is -0.466. The summed E-state index contributed by atoms with van der Waals surface area (Å²) in [6.45, 7) is 4.72. The SMILES string of the molecule is CCCCn1nc(C)c(C=CC(=O)Nc2ccc(N(C)C(=O)OC)cc2)c1Cl. The summed E-state index contributed by atoms with van der Waals surface area (Å²) in [6, 6.07) is 6.85. The minimum absolute atomic E-state index is 0.286. The van der Waals surface area contributed by atoms with Gasteiger partial charge in [-0.25, -0.2) is 4.79 Å². The van der Waals surface area contributed by atoms with Gasteiger partial charge >= 0.3 is 6.09 Å². The molecule has 0 saturated carbocycles. The van der Waals surface area contributed by atoms with E-state index in [4.69, 9.17) is 11.6 Å². The Labute approximate surface area is 169 Å². The number of aryl methyl sites for hydroxylation is 2. The van der Waals surface area contributed by atoms with Crippen LogP contribution in [0.3, 0.4) is 0 Å². The van der Waals surface area contributed by atoms with E-state index in [1.807, 2.05) is 6.92 Å². The van der Waals surface area contributed by atoms with Crippen LogP contribution in [0, 0.1) is 6.92 Å². The van der Waals surface area contributed by atoms with Gasteiger partial charge < -0.3 is 10.1 Å². The lowest BCUT2D eigenvalue weighted by Gasteiger charge is -2.15. The lowest BCUT2D eigenvalue weighted by molar-refractivity contribution is -0.111. The number of anilines is 2. The second-order valence-corrected chi connectivity index (χ2v) is 6.62. The van der Waals surface area contributed by atoms with Crippen molar-refractivity contribution < 1.29 is 14.3 Å². The zero-order valence-electron chi connectivity index (χ0n) is 16.5. The van der Waals surface area contributed by atoms with E-state index in [0.29, 0.717) is 16.5 Å². The molecule has 1 aromatic heterocycles. The molecule has 0 spiro atoms. The van der Waals surface area contributed by atoms with Gasteiger partial charge in [0, 0.05) is 36.6 Å². The van der Waals surface area contributed by atoms with Crippen molar-refractivity contribution >= 4 is 41.1 Å². The zero-order valence-corrected chi connectivity index (χ0v) is 17.3. The third kappa shape index (κ3) is 5.36. The van der Waals surface area contributed by atoms with Crippen LogP contribution >= 0.6 is 11.6 Å². The Kier molecular flexibility index (Phi) is 7.63. The van der Waals surface area contributed by atoms with E-state index in [1.165, 1.54) is 18.1 Å². The fraction of sp³-hybridized carbons (Fsp3) is 0.350. The molecule has 8 heteroatoms. The number of amides is 2. The molecule has 150 valence electrons. The van der Waals surface area contributed by atoms with E-state index in [9.17, 15) is 9.59 Å². The number of benzene rings is 1. The molecule has 0 aliphatic heterocycles. The fourth-order valence-electron chi connectivity index (χ4n) is 2.57. The smallest absolute Gasteiger partial charge is 0.413 e. The summed E-state index contributed by atoms with van der Waals surface area (Å²) in [7, 11) is 2.93. The first-order valence-corrected chi connectivity index (χ1v) is 9.38. The van der Waals surface area contributed by atoms with Gasteiger partial charge in [-0.3, -0.25) is 14.4 Å². The van der Waals surface area contributed by atoms with Crippen LogP contribution in [-0.2, 0) is 16.1 Å². The van der Waals surface area contributed by atoms with Crippen molar-refractivity contribution in [1.82, 2.24) is 9.78 Å². The third-order valence-electron chi connectivity index (χ3n) is 4.20. The standard InChI is InChI=1S/C20H25ClN4O3/c1-5-6-13-25-19(21)17(14(2)23-25)11-12-18(26)22-15-7-9-16(10-8-15)24(3)20(27)28-4/h7-12H,5-6,13H2,1-4H3,(H,22,26). The summed E-state index contributed by atoms with van der Waals surface area (Å²) in [5.41, 5.74) is 2.78. The highest BCUT2D eigenvalue weighted by Gasteiger charge is 2.12. The normalized spacial score (nSPS) is 10.9. The van der Waals surface area contributed by atoms with Gasteiger partial charge in [0.1, 0.15) is 5.15 Å². The molecule has 2 rings (SSSR count). The van der Waals surface area contributed by atoms with Gasteiger partial charge in [-0.1, -0.05) is 24.9 Å². The highest BCUT2D eigenvalue weighted by molar-refractivity contribution is 6.31. The van der Waals surface area contributed by atoms with Gasteiger partial charge in [0.15, 0.2) is 0 Å². The number of carbonyl (C=O) groups excluding carboxylic acids is 2. The maximum Gasteiger partial charge on any atom is 0.413 e. The molecule has 1 N–H and O–H groups in total. The number of hydrogen-bond acceptors (Lipinski definition) is 4. The monoisotopic (exact) mass is 404 g/mol. The van der Waals surface area contributed by atoms with Crippen LogP contribution in [0.1, 0.15) is 31.0 Å². The third-order valence-corrected chi connectivity index (χ3v) is 4.60. The Morgan fingerprint density at radius 3 is 2.61 bits per heavy atom. The summed E-state index contributed by atoms with van der Waals surface area (Å²) in [5, 5.41) is 7.72. The molecule has 28 heavy (non-hydrogen) atoms. The van der Waals surface area contributed by atoms with Gasteiger partial charge in [-0.2, -0.15) is 5.10 Å². The second kappa shape index (κ2) is 9.94. The van der Waals surface area contributed by atoms with Crippen LogP contribution < -0.4 is 10.2 Å². The van der Waals surface area contributed by atoms with E-state index < -0.39 is 6.09 Å². The molecule has 0 radical (unpaired) electrons. The molecule has 7 nitrogen and oxygen atoms in total. The number of carbonyl (C=O) groups is 2. The summed E-state index contributed by atoms with van der Waals surface area (Å²) >= 11 is 6.37. The number of rotatable bonds is 7. The molecule has 0 saturated heterocycles. The van der Waals surface area contributed by atoms with Crippen LogP contribution in [-0.4, -0.2) is 35.9 Å². The van der Waals surface area contributed by atoms with Gasteiger partial charge in [0.25, 0.3) is 0 Å². The molecular formula is C20H25ClN4O3. The van der Waals surface area contributed by atoms with Crippen molar-refractivity contribution in [3.8, 4) is 0 Å². The van der Waals surface area contributed by atoms with Crippen molar-refractivity contribution in [2.45, 2.75) is 33.2 Å². The Hall–Kier alpha value is -2.80. The quantitative estimate of drug-likeness (QED) is 0.689. The molecule has 0 aliphatic rings. The van der Waals surface area contributed by atoms with Crippen molar-refractivity contribution in [2.75, 3.05) is 24.4 Å². The molecule has 0 bridgehead atoms. The predicted octanol–water partition coefficient (Wildman–Crippen LogP) is 4.50. The van der Waals surface area contributed by atoms with Gasteiger partial charge in [-0.15, -0.1) is 0 Å². The fourth-order valence-corrected chi connectivity index (χ4v) is 2.89. The van der Waals surface area contributed by atoms with E-state index in [1.54, 1.807) is 42.1 Å².